The first-order chi connectivity index (χ1) is 11.8. The van der Waals surface area contributed by atoms with Crippen LogP contribution in [0.2, 0.25) is 0 Å². The van der Waals surface area contributed by atoms with Crippen molar-refractivity contribution in [3.63, 3.8) is 0 Å². The molecular formula is C17H24F3N3O2. The molecule has 0 radical (unpaired) electrons. The van der Waals surface area contributed by atoms with Crippen molar-refractivity contribution in [3.8, 4) is 5.88 Å². The maximum absolute atomic E-state index is 12.6. The Bertz CT molecular complexity index is 573. The first-order valence-corrected chi connectivity index (χ1v) is 8.46. The molecule has 0 bridgehead atoms. The Balaban J connectivity index is 1.89. The summed E-state index contributed by atoms with van der Waals surface area (Å²) in [5.41, 5.74) is 0.00543. The lowest BCUT2D eigenvalue weighted by Crippen LogP contribution is -2.39. The minimum absolute atomic E-state index is 0.00543. The first kappa shape index (κ1) is 19.5. The van der Waals surface area contributed by atoms with Crippen LogP contribution in [0.3, 0.4) is 0 Å². The molecule has 1 atom stereocenters. The highest BCUT2D eigenvalue weighted by Gasteiger charge is 2.39. The topological polar surface area (TPSA) is 54.5 Å². The summed E-state index contributed by atoms with van der Waals surface area (Å²) >= 11 is 0. The fourth-order valence-corrected chi connectivity index (χ4v) is 2.60. The molecule has 1 amide bonds. The Morgan fingerprint density at radius 2 is 2.12 bits per heavy atom. The first-order valence-electron chi connectivity index (χ1n) is 8.46. The van der Waals surface area contributed by atoms with Gasteiger partial charge in [0.15, 0.2) is 6.10 Å². The second-order valence-electron chi connectivity index (χ2n) is 6.44. The predicted octanol–water partition coefficient (Wildman–Crippen LogP) is 2.87. The normalized spacial score (nSPS) is 18.0. The van der Waals surface area contributed by atoms with Gasteiger partial charge in [0, 0.05) is 19.3 Å². The van der Waals surface area contributed by atoms with Crippen molar-refractivity contribution < 1.29 is 22.7 Å². The molecule has 1 aromatic rings. The van der Waals surface area contributed by atoms with E-state index in [1.807, 2.05) is 0 Å². The number of halogens is 3. The van der Waals surface area contributed by atoms with Crippen LogP contribution in [0.5, 0.6) is 5.88 Å². The molecule has 25 heavy (non-hydrogen) atoms. The summed E-state index contributed by atoms with van der Waals surface area (Å²) < 4.78 is 42.8. The molecule has 2 rings (SSSR count). The molecule has 1 aliphatic rings. The third-order valence-electron chi connectivity index (χ3n) is 4.35. The maximum Gasteiger partial charge on any atom is 0.425 e. The van der Waals surface area contributed by atoms with Crippen LogP contribution in [0.25, 0.3) is 0 Å². The van der Waals surface area contributed by atoms with Gasteiger partial charge in [-0.3, -0.25) is 4.79 Å². The molecule has 1 aliphatic heterocycles. The van der Waals surface area contributed by atoms with Crippen molar-refractivity contribution >= 4 is 5.91 Å². The van der Waals surface area contributed by atoms with E-state index in [1.54, 1.807) is 0 Å². The molecule has 0 aromatic carbocycles. The van der Waals surface area contributed by atoms with Gasteiger partial charge in [0.05, 0.1) is 0 Å². The van der Waals surface area contributed by atoms with Gasteiger partial charge in [-0.05, 0) is 50.9 Å². The number of ether oxygens (including phenoxy) is 1. The van der Waals surface area contributed by atoms with E-state index in [9.17, 15) is 18.0 Å². The number of hydrogen-bond acceptors (Lipinski definition) is 4. The van der Waals surface area contributed by atoms with Crippen LogP contribution in [-0.4, -0.2) is 54.3 Å². The highest BCUT2D eigenvalue weighted by molar-refractivity contribution is 5.96. The standard InChI is InChI=1S/C17H24F3N3O2/c1-12-5-9-23(10-6-12)11-8-21-15(24)14-4-3-7-22-16(14)25-13(2)17(18,19)20/h3-4,7,12-13H,5-6,8-11H2,1-2H3,(H,21,24)/t13-/m0/s1. The zero-order chi connectivity index (χ0) is 18.4. The fraction of sp³-hybridized carbons (Fsp3) is 0.647. The van der Waals surface area contributed by atoms with Crippen molar-refractivity contribution in [2.75, 3.05) is 26.2 Å². The summed E-state index contributed by atoms with van der Waals surface area (Å²) in [6.07, 6.45) is -2.97. The van der Waals surface area contributed by atoms with Crippen LogP contribution in [0, 0.1) is 5.92 Å². The molecule has 1 N–H and O–H groups in total. The number of aromatic nitrogens is 1. The van der Waals surface area contributed by atoms with Crippen molar-refractivity contribution in [1.29, 1.82) is 0 Å². The molecule has 140 valence electrons. The molecule has 1 aromatic heterocycles. The van der Waals surface area contributed by atoms with Gasteiger partial charge < -0.3 is 15.0 Å². The van der Waals surface area contributed by atoms with Crippen LogP contribution >= 0.6 is 0 Å². The van der Waals surface area contributed by atoms with E-state index in [4.69, 9.17) is 4.74 Å². The number of piperidine rings is 1. The van der Waals surface area contributed by atoms with Gasteiger partial charge in [0.1, 0.15) is 5.56 Å². The molecule has 0 spiro atoms. The summed E-state index contributed by atoms with van der Waals surface area (Å²) in [4.78, 5) is 18.3. The van der Waals surface area contributed by atoms with Gasteiger partial charge in [-0.1, -0.05) is 6.92 Å². The van der Waals surface area contributed by atoms with Crippen LogP contribution in [0.1, 0.15) is 37.0 Å². The zero-order valence-electron chi connectivity index (χ0n) is 14.5. The lowest BCUT2D eigenvalue weighted by molar-refractivity contribution is -0.190. The van der Waals surface area contributed by atoms with E-state index in [2.05, 4.69) is 22.1 Å². The zero-order valence-corrected chi connectivity index (χ0v) is 14.5. The minimum Gasteiger partial charge on any atom is -0.464 e. The Morgan fingerprint density at radius 1 is 1.44 bits per heavy atom. The van der Waals surface area contributed by atoms with Gasteiger partial charge in [0.25, 0.3) is 5.91 Å². The number of carbonyl (C=O) groups is 1. The number of carbonyl (C=O) groups excluding carboxylic acids is 1. The summed E-state index contributed by atoms with van der Waals surface area (Å²) in [5.74, 6) is -0.0592. The van der Waals surface area contributed by atoms with Crippen molar-refractivity contribution in [1.82, 2.24) is 15.2 Å². The number of hydrogen-bond donors (Lipinski definition) is 1. The molecular weight excluding hydrogens is 335 g/mol. The SMILES string of the molecule is CC1CCN(CCNC(=O)c2cccnc2O[C@@H](C)C(F)(F)F)CC1. The lowest BCUT2D eigenvalue weighted by Gasteiger charge is -2.30. The molecule has 5 nitrogen and oxygen atoms in total. The Labute approximate surface area is 145 Å². The smallest absolute Gasteiger partial charge is 0.425 e. The summed E-state index contributed by atoms with van der Waals surface area (Å²) in [6, 6.07) is 2.90. The average molecular weight is 359 g/mol. The fourth-order valence-electron chi connectivity index (χ4n) is 2.60. The predicted molar refractivity (Wildman–Crippen MR) is 87.6 cm³/mol. The van der Waals surface area contributed by atoms with Gasteiger partial charge in [0.2, 0.25) is 5.88 Å². The van der Waals surface area contributed by atoms with Gasteiger partial charge in [-0.25, -0.2) is 4.98 Å². The highest BCUT2D eigenvalue weighted by atomic mass is 19.4. The summed E-state index contributed by atoms with van der Waals surface area (Å²) in [5, 5.41) is 2.73. The van der Waals surface area contributed by atoms with Crippen molar-refractivity contribution in [2.45, 2.75) is 39.0 Å². The number of pyridine rings is 1. The molecule has 0 saturated carbocycles. The van der Waals surface area contributed by atoms with E-state index >= 15 is 0 Å². The van der Waals surface area contributed by atoms with E-state index in [0.717, 1.165) is 38.8 Å². The van der Waals surface area contributed by atoms with Gasteiger partial charge in [-0.2, -0.15) is 13.2 Å². The number of nitrogens with zero attached hydrogens (tertiary/aromatic N) is 2. The van der Waals surface area contributed by atoms with Crippen molar-refractivity contribution in [3.05, 3.63) is 23.9 Å². The highest BCUT2D eigenvalue weighted by Crippen LogP contribution is 2.25. The Hall–Kier alpha value is -1.83. The van der Waals surface area contributed by atoms with E-state index in [-0.39, 0.29) is 11.4 Å². The Morgan fingerprint density at radius 3 is 2.76 bits per heavy atom. The number of rotatable bonds is 6. The van der Waals surface area contributed by atoms with Gasteiger partial charge >= 0.3 is 6.18 Å². The van der Waals surface area contributed by atoms with Crippen LogP contribution in [-0.2, 0) is 0 Å². The summed E-state index contributed by atoms with van der Waals surface area (Å²) in [7, 11) is 0. The third-order valence-corrected chi connectivity index (χ3v) is 4.35. The monoisotopic (exact) mass is 359 g/mol. The largest absolute Gasteiger partial charge is 0.464 e. The molecule has 2 heterocycles. The quantitative estimate of drug-likeness (QED) is 0.849. The number of nitrogens with one attached hydrogen (secondary N) is 1. The molecule has 8 heteroatoms. The maximum atomic E-state index is 12.6. The van der Waals surface area contributed by atoms with Crippen molar-refractivity contribution in [2.24, 2.45) is 5.92 Å². The lowest BCUT2D eigenvalue weighted by atomic mass is 9.99. The van der Waals surface area contributed by atoms with Crippen LogP contribution in [0.4, 0.5) is 13.2 Å². The number of likely N-dealkylation sites (tertiary alicyclic amines) is 1. The van der Waals surface area contributed by atoms with Crippen LogP contribution in [0.15, 0.2) is 18.3 Å². The van der Waals surface area contributed by atoms with Crippen LogP contribution < -0.4 is 10.1 Å². The van der Waals surface area contributed by atoms with Gasteiger partial charge in [-0.15, -0.1) is 0 Å². The number of alkyl halides is 3. The van der Waals surface area contributed by atoms with E-state index in [1.165, 1.54) is 18.3 Å². The molecule has 1 fully saturated rings. The summed E-state index contributed by atoms with van der Waals surface area (Å²) in [6.45, 7) is 6.26. The molecule has 1 saturated heterocycles. The third kappa shape index (κ3) is 5.88. The van der Waals surface area contributed by atoms with E-state index in [0.29, 0.717) is 13.1 Å². The van der Waals surface area contributed by atoms with E-state index < -0.39 is 18.2 Å². The second kappa shape index (κ2) is 8.51. The average Bonchev–Trinajstić information content (AvgIpc) is 2.56. The molecule has 0 unspecified atom stereocenters. The Kier molecular flexibility index (Phi) is 6.64. The molecule has 0 aliphatic carbocycles. The second-order valence-corrected chi connectivity index (χ2v) is 6.44. The number of amides is 1. The minimum atomic E-state index is -4.52.